The van der Waals surface area contributed by atoms with Crippen LogP contribution in [0.3, 0.4) is 0 Å². The number of anilines is 2. The van der Waals surface area contributed by atoms with Gasteiger partial charge in [-0.25, -0.2) is 14.2 Å². The summed E-state index contributed by atoms with van der Waals surface area (Å²) >= 11 is 6.40. The third-order valence-corrected chi connectivity index (χ3v) is 5.69. The van der Waals surface area contributed by atoms with E-state index >= 15 is 0 Å². The largest absolute Gasteiger partial charge is 0.388 e. The molecule has 9 nitrogen and oxygen atoms in total. The molecule has 0 spiro atoms. The Kier molecular flexibility index (Phi) is 6.35. The predicted octanol–water partition coefficient (Wildman–Crippen LogP) is 1.99. The number of urea groups is 1. The van der Waals surface area contributed by atoms with E-state index in [1.165, 1.54) is 17.3 Å². The number of alkyl halides is 1. The molecule has 2 aromatic heterocycles. The maximum absolute atomic E-state index is 12.6. The molecule has 3 N–H and O–H groups in total. The van der Waals surface area contributed by atoms with Crippen molar-refractivity contribution in [2.24, 2.45) is 0 Å². The highest BCUT2D eigenvalue weighted by Gasteiger charge is 2.39. The summed E-state index contributed by atoms with van der Waals surface area (Å²) in [4.78, 5) is 35.7. The van der Waals surface area contributed by atoms with Crippen molar-refractivity contribution < 1.29 is 24.2 Å². The zero-order valence-corrected chi connectivity index (χ0v) is 17.7. The van der Waals surface area contributed by atoms with Crippen LogP contribution in [-0.2, 0) is 11.5 Å². The van der Waals surface area contributed by atoms with Gasteiger partial charge in [-0.05, 0) is 24.1 Å². The molecule has 0 unspecified atom stereocenters. The first kappa shape index (κ1) is 22.1. The van der Waals surface area contributed by atoms with Crippen molar-refractivity contribution in [3.8, 4) is 0 Å². The number of hydrogen-bond acceptors (Lipinski definition) is 6. The minimum Gasteiger partial charge on any atom is -0.388 e. The highest BCUT2D eigenvalue weighted by atomic mass is 35.5. The Morgan fingerprint density at radius 2 is 2.09 bits per heavy atom. The number of β-amino-alcohol motifs (C(OH)–C–C–N with tert-alkyl or cyclic N) is 1. The summed E-state index contributed by atoms with van der Waals surface area (Å²) in [6.07, 6.45) is 2.60. The first-order chi connectivity index (χ1) is 15.4. The third kappa shape index (κ3) is 4.43. The van der Waals surface area contributed by atoms with Crippen molar-refractivity contribution >= 4 is 40.6 Å². The van der Waals surface area contributed by atoms with Gasteiger partial charge in [0, 0.05) is 24.8 Å². The fraction of sp³-hybridized carbons (Fsp3) is 0.333. The summed E-state index contributed by atoms with van der Waals surface area (Å²) < 4.78 is 12.6. The summed E-state index contributed by atoms with van der Waals surface area (Å²) in [6.45, 7) is 0.127. The van der Waals surface area contributed by atoms with Crippen molar-refractivity contribution in [3.63, 3.8) is 0 Å². The Morgan fingerprint density at radius 3 is 2.66 bits per heavy atom. The van der Waals surface area contributed by atoms with Gasteiger partial charge in [0.05, 0.1) is 29.1 Å². The van der Waals surface area contributed by atoms with Gasteiger partial charge >= 0.3 is 6.03 Å². The molecule has 2 atom stereocenters. The molecule has 0 saturated carbocycles. The topological polar surface area (TPSA) is 119 Å². The molecule has 2 aliphatic heterocycles. The van der Waals surface area contributed by atoms with Crippen molar-refractivity contribution in [2.45, 2.75) is 25.3 Å². The average Bonchev–Trinajstić information content (AvgIpc) is 3.07. The molecular weight excluding hydrogens is 441 g/mol. The monoisotopic (exact) mass is 461 g/mol. The lowest BCUT2D eigenvalue weighted by atomic mass is 10.0. The van der Waals surface area contributed by atoms with E-state index in [0.29, 0.717) is 47.3 Å². The molecular formula is C21H21ClFN5O4. The maximum Gasteiger partial charge on any atom is 0.323 e. The van der Waals surface area contributed by atoms with Crippen LogP contribution in [-0.4, -0.2) is 68.9 Å². The Morgan fingerprint density at radius 1 is 1.28 bits per heavy atom. The zero-order chi connectivity index (χ0) is 22.8. The Labute approximate surface area is 188 Å². The van der Waals surface area contributed by atoms with Crippen LogP contribution in [0.5, 0.6) is 0 Å². The number of hydrogen-bond donors (Lipinski definition) is 3. The highest BCUT2D eigenvalue weighted by Crippen LogP contribution is 2.31. The van der Waals surface area contributed by atoms with Crippen LogP contribution in [0, 0.1) is 0 Å². The fourth-order valence-corrected chi connectivity index (χ4v) is 3.86. The number of aliphatic hydroxyl groups excluding tert-OH is 2. The first-order valence-electron chi connectivity index (χ1n) is 9.96. The average molecular weight is 462 g/mol. The van der Waals surface area contributed by atoms with E-state index in [1.54, 1.807) is 23.1 Å². The van der Waals surface area contributed by atoms with Gasteiger partial charge in [0.25, 0.3) is 5.91 Å². The molecule has 32 heavy (non-hydrogen) atoms. The van der Waals surface area contributed by atoms with Crippen LogP contribution in [0.2, 0.25) is 5.02 Å². The lowest BCUT2D eigenvalue weighted by Crippen LogP contribution is -2.38. The number of carbonyl (C=O) groups excluding carboxylic acids is 2. The van der Waals surface area contributed by atoms with Crippen molar-refractivity contribution in [1.82, 2.24) is 14.9 Å². The summed E-state index contributed by atoms with van der Waals surface area (Å²) in [5, 5.41) is 22.3. The molecule has 3 amide bonds. The van der Waals surface area contributed by atoms with E-state index in [4.69, 9.17) is 11.6 Å². The molecule has 11 heteroatoms. The van der Waals surface area contributed by atoms with E-state index < -0.39 is 24.8 Å². The second kappa shape index (κ2) is 9.19. The van der Waals surface area contributed by atoms with E-state index in [9.17, 15) is 24.2 Å². The molecule has 0 radical (unpaired) electrons. The summed E-state index contributed by atoms with van der Waals surface area (Å²) in [5.41, 5.74) is 2.24. The van der Waals surface area contributed by atoms with Crippen molar-refractivity contribution in [2.75, 3.05) is 29.9 Å². The summed E-state index contributed by atoms with van der Waals surface area (Å²) in [5.74, 6) is -0.260. The van der Waals surface area contributed by atoms with Crippen LogP contribution in [0.15, 0.2) is 36.7 Å². The SMILES string of the molecule is O=C(Nc1ccc(CF)cn1)N1CC=C(c2ncc(N3C[C@@H](O)[C@@H](O)C3=O)cc2Cl)CC1. The molecule has 0 aliphatic carbocycles. The number of nitrogens with zero attached hydrogens (tertiary/aromatic N) is 4. The van der Waals surface area contributed by atoms with Gasteiger partial charge in [-0.1, -0.05) is 23.7 Å². The smallest absolute Gasteiger partial charge is 0.323 e. The van der Waals surface area contributed by atoms with Gasteiger partial charge in [-0.2, -0.15) is 0 Å². The lowest BCUT2D eigenvalue weighted by molar-refractivity contribution is -0.126. The van der Waals surface area contributed by atoms with E-state index in [0.717, 1.165) is 5.57 Å². The minimum absolute atomic E-state index is 0.0323. The molecule has 4 rings (SSSR count). The number of amides is 3. The zero-order valence-electron chi connectivity index (χ0n) is 16.9. The maximum atomic E-state index is 12.6. The standard InChI is InChI=1S/C21H21ClFN5O4/c22-15-7-14(28-11-16(29)19(30)20(28)31)10-25-18(15)13-3-5-27(6-4-13)21(32)26-17-2-1-12(8-23)9-24-17/h1-3,7,9-10,16,19,29-30H,4-6,8,11H2,(H,24,26,32)/t16-,19-/m1/s1. The van der Waals surface area contributed by atoms with Gasteiger partial charge < -0.3 is 20.0 Å². The number of halogens is 2. The minimum atomic E-state index is -1.46. The molecule has 0 aromatic carbocycles. The number of aliphatic hydroxyl groups is 2. The van der Waals surface area contributed by atoms with Gasteiger partial charge in [0.2, 0.25) is 0 Å². The molecule has 1 saturated heterocycles. The number of nitrogens with one attached hydrogen (secondary N) is 1. The van der Waals surface area contributed by atoms with E-state index in [1.807, 2.05) is 6.08 Å². The molecule has 168 valence electrons. The first-order valence-corrected chi connectivity index (χ1v) is 10.3. The fourth-order valence-electron chi connectivity index (χ4n) is 3.58. The summed E-state index contributed by atoms with van der Waals surface area (Å²) in [7, 11) is 0. The van der Waals surface area contributed by atoms with Gasteiger partial charge in [0.15, 0.2) is 6.10 Å². The number of aromatic nitrogens is 2. The number of carbonyl (C=O) groups is 2. The van der Waals surface area contributed by atoms with Crippen LogP contribution >= 0.6 is 11.6 Å². The third-order valence-electron chi connectivity index (χ3n) is 5.41. The van der Waals surface area contributed by atoms with Crippen LogP contribution in [0.25, 0.3) is 5.57 Å². The van der Waals surface area contributed by atoms with E-state index in [2.05, 4.69) is 15.3 Å². The second-order valence-electron chi connectivity index (χ2n) is 7.53. The molecule has 1 fully saturated rings. The van der Waals surface area contributed by atoms with Gasteiger partial charge in [-0.3, -0.25) is 15.1 Å². The molecule has 2 aromatic rings. The Bertz CT molecular complexity index is 1060. The second-order valence-corrected chi connectivity index (χ2v) is 7.93. The normalized spacial score (nSPS) is 21.0. The van der Waals surface area contributed by atoms with Crippen LogP contribution in [0.4, 0.5) is 20.7 Å². The summed E-state index contributed by atoms with van der Waals surface area (Å²) in [6, 6.07) is 4.36. The predicted molar refractivity (Wildman–Crippen MR) is 116 cm³/mol. The van der Waals surface area contributed by atoms with E-state index in [-0.39, 0.29) is 12.6 Å². The van der Waals surface area contributed by atoms with Crippen LogP contribution in [0.1, 0.15) is 17.7 Å². The molecule has 2 aliphatic rings. The molecule has 0 bridgehead atoms. The lowest BCUT2D eigenvalue weighted by Gasteiger charge is -2.27. The van der Waals surface area contributed by atoms with Gasteiger partial charge in [-0.15, -0.1) is 0 Å². The number of rotatable bonds is 4. The quantitative estimate of drug-likeness (QED) is 0.640. The highest BCUT2D eigenvalue weighted by molar-refractivity contribution is 6.32. The van der Waals surface area contributed by atoms with Crippen molar-refractivity contribution in [3.05, 3.63) is 52.9 Å². The number of pyridine rings is 2. The van der Waals surface area contributed by atoms with Crippen molar-refractivity contribution in [1.29, 1.82) is 0 Å². The Balaban J connectivity index is 1.41. The van der Waals surface area contributed by atoms with Gasteiger partial charge in [0.1, 0.15) is 18.6 Å². The Hall–Kier alpha value is -3.08. The van der Waals surface area contributed by atoms with Crippen LogP contribution < -0.4 is 10.2 Å². The molecule has 4 heterocycles.